The minimum absolute atomic E-state index is 0.0331. The lowest BCUT2D eigenvalue weighted by molar-refractivity contribution is -0.131. The molecule has 2 aliphatic rings. The predicted molar refractivity (Wildman–Crippen MR) is 117 cm³/mol. The Morgan fingerprint density at radius 3 is 2.58 bits per heavy atom. The summed E-state index contributed by atoms with van der Waals surface area (Å²) in [6.45, 7) is 1.01. The van der Waals surface area contributed by atoms with Crippen LogP contribution in [0.5, 0.6) is 0 Å². The van der Waals surface area contributed by atoms with Gasteiger partial charge >= 0.3 is 0 Å². The Morgan fingerprint density at radius 2 is 1.94 bits per heavy atom. The van der Waals surface area contributed by atoms with Crippen LogP contribution in [-0.4, -0.2) is 57.3 Å². The average Bonchev–Trinajstić information content (AvgIpc) is 3.43. The van der Waals surface area contributed by atoms with Gasteiger partial charge in [-0.2, -0.15) is 5.10 Å². The van der Waals surface area contributed by atoms with E-state index in [1.807, 2.05) is 47.4 Å². The van der Waals surface area contributed by atoms with Gasteiger partial charge in [0, 0.05) is 38.3 Å². The van der Waals surface area contributed by atoms with E-state index in [1.54, 1.807) is 24.0 Å². The van der Waals surface area contributed by atoms with E-state index in [0.717, 1.165) is 18.4 Å². The second-order valence-electron chi connectivity index (χ2n) is 8.39. The number of allylic oxidation sites excluding steroid dienone is 2. The lowest BCUT2D eigenvalue weighted by Gasteiger charge is -2.46. The molecule has 3 N–H and O–H groups in total. The van der Waals surface area contributed by atoms with Crippen LogP contribution in [0.25, 0.3) is 0 Å². The second-order valence-corrected chi connectivity index (χ2v) is 8.39. The standard InChI is InChI=1S/C23H29N5O3/c1-27-13-11-20(26-27)24-21(30)16-28-14-12-23(19(29)15-28,18-9-3-2-4-10-18)25-22(31)17-7-5-6-8-17/h2-6,9-11,13,17,19,29H,7-8,12,14-16H2,1H3,(H,25,31)(H,24,26,30)/t19-,23+/m1/s1. The number of piperidine rings is 1. The normalized spacial score (nSPS) is 24.3. The first kappa shape index (κ1) is 21.3. The third-order valence-corrected chi connectivity index (χ3v) is 6.18. The summed E-state index contributed by atoms with van der Waals surface area (Å²) in [6, 6.07) is 11.4. The number of nitrogens with zero attached hydrogens (tertiary/aromatic N) is 3. The molecular formula is C23H29N5O3. The molecule has 31 heavy (non-hydrogen) atoms. The van der Waals surface area contributed by atoms with E-state index in [0.29, 0.717) is 18.8 Å². The molecule has 0 spiro atoms. The van der Waals surface area contributed by atoms with Crippen molar-refractivity contribution in [3.05, 3.63) is 60.3 Å². The van der Waals surface area contributed by atoms with Crippen LogP contribution in [-0.2, 0) is 22.2 Å². The van der Waals surface area contributed by atoms with E-state index in [4.69, 9.17) is 0 Å². The highest BCUT2D eigenvalue weighted by atomic mass is 16.3. The summed E-state index contributed by atoms with van der Waals surface area (Å²) < 4.78 is 1.62. The molecule has 2 amide bonds. The predicted octanol–water partition coefficient (Wildman–Crippen LogP) is 1.40. The summed E-state index contributed by atoms with van der Waals surface area (Å²) in [5, 5.41) is 21.3. The van der Waals surface area contributed by atoms with Gasteiger partial charge in [-0.25, -0.2) is 0 Å². The Hall–Kier alpha value is -2.97. The Kier molecular flexibility index (Phi) is 6.20. The number of nitrogens with one attached hydrogen (secondary N) is 2. The summed E-state index contributed by atoms with van der Waals surface area (Å²) in [5.41, 5.74) is 0.0222. The fraction of sp³-hybridized carbons (Fsp3) is 0.435. The maximum atomic E-state index is 13.0. The van der Waals surface area contributed by atoms with E-state index in [9.17, 15) is 14.7 Å². The minimum atomic E-state index is -0.866. The number of aliphatic hydroxyl groups is 1. The van der Waals surface area contributed by atoms with Gasteiger partial charge in [0.05, 0.1) is 18.2 Å². The largest absolute Gasteiger partial charge is 0.389 e. The van der Waals surface area contributed by atoms with Crippen molar-refractivity contribution in [3.8, 4) is 0 Å². The Labute approximate surface area is 181 Å². The minimum Gasteiger partial charge on any atom is -0.389 e. The van der Waals surface area contributed by atoms with E-state index in [1.165, 1.54) is 0 Å². The van der Waals surface area contributed by atoms with Crippen molar-refractivity contribution in [1.29, 1.82) is 0 Å². The van der Waals surface area contributed by atoms with E-state index in [-0.39, 0.29) is 30.8 Å². The van der Waals surface area contributed by atoms with Crippen LogP contribution in [0.3, 0.4) is 0 Å². The van der Waals surface area contributed by atoms with Crippen LogP contribution >= 0.6 is 0 Å². The van der Waals surface area contributed by atoms with Gasteiger partial charge in [0.1, 0.15) is 0 Å². The fourth-order valence-corrected chi connectivity index (χ4v) is 4.45. The molecule has 1 fully saturated rings. The molecular weight excluding hydrogens is 394 g/mol. The van der Waals surface area contributed by atoms with E-state index < -0.39 is 11.6 Å². The van der Waals surface area contributed by atoms with Gasteiger partial charge in [0.25, 0.3) is 0 Å². The number of β-amino-alcohol motifs (C(OH)–C–C–N with tert-alkyl or cyclic N) is 1. The topological polar surface area (TPSA) is 99.5 Å². The Balaban J connectivity index is 1.45. The molecule has 1 aromatic carbocycles. The van der Waals surface area contributed by atoms with Crippen molar-refractivity contribution in [2.24, 2.45) is 13.0 Å². The molecule has 0 radical (unpaired) electrons. The number of carbonyl (C=O) groups is 2. The SMILES string of the molecule is Cn1ccc(NC(=O)CN2CC[C@](NC(=O)C3CC=CC3)(c3ccccc3)[C@H](O)C2)n1. The highest BCUT2D eigenvalue weighted by Gasteiger charge is 2.45. The first-order valence-corrected chi connectivity index (χ1v) is 10.7. The number of aliphatic hydroxyl groups excluding tert-OH is 1. The number of anilines is 1. The number of aryl methyl sites for hydroxylation is 1. The van der Waals surface area contributed by atoms with Crippen molar-refractivity contribution in [2.45, 2.75) is 30.9 Å². The highest BCUT2D eigenvalue weighted by molar-refractivity contribution is 5.91. The summed E-state index contributed by atoms with van der Waals surface area (Å²) in [6.07, 6.45) is 6.94. The summed E-state index contributed by atoms with van der Waals surface area (Å²) >= 11 is 0. The van der Waals surface area contributed by atoms with Crippen LogP contribution in [0, 0.1) is 5.92 Å². The van der Waals surface area contributed by atoms with Gasteiger partial charge in [0.2, 0.25) is 11.8 Å². The maximum Gasteiger partial charge on any atom is 0.239 e. The molecule has 0 saturated carbocycles. The van der Waals surface area contributed by atoms with Crippen LogP contribution in [0.2, 0.25) is 0 Å². The molecule has 0 unspecified atom stereocenters. The lowest BCUT2D eigenvalue weighted by Crippen LogP contribution is -2.63. The van der Waals surface area contributed by atoms with Crippen LogP contribution in [0.1, 0.15) is 24.8 Å². The molecule has 1 aliphatic heterocycles. The Bertz CT molecular complexity index is 949. The monoisotopic (exact) mass is 423 g/mol. The van der Waals surface area contributed by atoms with Crippen molar-refractivity contribution in [3.63, 3.8) is 0 Å². The number of benzene rings is 1. The summed E-state index contributed by atoms with van der Waals surface area (Å²) in [4.78, 5) is 27.3. The molecule has 1 aromatic heterocycles. The van der Waals surface area contributed by atoms with Crippen molar-refractivity contribution < 1.29 is 14.7 Å². The quantitative estimate of drug-likeness (QED) is 0.610. The molecule has 0 bridgehead atoms. The first-order chi connectivity index (χ1) is 15.0. The molecule has 2 aromatic rings. The number of likely N-dealkylation sites (tertiary alicyclic amines) is 1. The number of hydrogen-bond acceptors (Lipinski definition) is 5. The maximum absolute atomic E-state index is 13.0. The Morgan fingerprint density at radius 1 is 1.19 bits per heavy atom. The number of carbonyl (C=O) groups excluding carboxylic acids is 2. The first-order valence-electron chi connectivity index (χ1n) is 10.7. The zero-order valence-corrected chi connectivity index (χ0v) is 17.7. The molecule has 164 valence electrons. The molecule has 2 atom stereocenters. The van der Waals surface area contributed by atoms with Gasteiger partial charge in [-0.1, -0.05) is 42.5 Å². The average molecular weight is 424 g/mol. The zero-order valence-electron chi connectivity index (χ0n) is 17.7. The second kappa shape index (κ2) is 9.03. The zero-order chi connectivity index (χ0) is 21.8. The number of aromatic nitrogens is 2. The van der Waals surface area contributed by atoms with Crippen molar-refractivity contribution in [2.75, 3.05) is 25.0 Å². The van der Waals surface area contributed by atoms with E-state index >= 15 is 0 Å². The van der Waals surface area contributed by atoms with Gasteiger partial charge in [0.15, 0.2) is 5.82 Å². The molecule has 4 rings (SSSR count). The third-order valence-electron chi connectivity index (χ3n) is 6.18. The number of amides is 2. The van der Waals surface area contributed by atoms with Gasteiger partial charge in [-0.15, -0.1) is 0 Å². The summed E-state index contributed by atoms with van der Waals surface area (Å²) in [7, 11) is 1.79. The lowest BCUT2D eigenvalue weighted by atomic mass is 9.78. The van der Waals surface area contributed by atoms with Gasteiger partial charge < -0.3 is 15.7 Å². The fourth-order valence-electron chi connectivity index (χ4n) is 4.45. The molecule has 1 saturated heterocycles. The van der Waals surface area contributed by atoms with Crippen LogP contribution < -0.4 is 10.6 Å². The van der Waals surface area contributed by atoms with Gasteiger partial charge in [-0.05, 0) is 24.8 Å². The van der Waals surface area contributed by atoms with Crippen LogP contribution in [0.4, 0.5) is 5.82 Å². The van der Waals surface area contributed by atoms with E-state index in [2.05, 4.69) is 15.7 Å². The number of rotatable bonds is 6. The molecule has 2 heterocycles. The number of hydrogen-bond donors (Lipinski definition) is 3. The third kappa shape index (κ3) is 4.70. The van der Waals surface area contributed by atoms with Crippen molar-refractivity contribution >= 4 is 17.6 Å². The molecule has 1 aliphatic carbocycles. The molecule has 8 heteroatoms. The van der Waals surface area contributed by atoms with Crippen LogP contribution in [0.15, 0.2) is 54.7 Å². The van der Waals surface area contributed by atoms with Crippen molar-refractivity contribution in [1.82, 2.24) is 20.0 Å². The summed E-state index contributed by atoms with van der Waals surface area (Å²) in [5.74, 6) is 0.199. The van der Waals surface area contributed by atoms with Gasteiger partial charge in [-0.3, -0.25) is 19.2 Å². The molecule has 8 nitrogen and oxygen atoms in total. The smallest absolute Gasteiger partial charge is 0.239 e. The highest BCUT2D eigenvalue weighted by Crippen LogP contribution is 2.34.